The van der Waals surface area contributed by atoms with Crippen LogP contribution in [-0.2, 0) is 4.79 Å². The minimum Gasteiger partial charge on any atom is -0.339 e. The van der Waals surface area contributed by atoms with Gasteiger partial charge in [-0.2, -0.15) is 12.6 Å². The van der Waals surface area contributed by atoms with Crippen molar-refractivity contribution in [1.29, 1.82) is 0 Å². The van der Waals surface area contributed by atoms with Crippen molar-refractivity contribution in [1.82, 2.24) is 9.80 Å². The summed E-state index contributed by atoms with van der Waals surface area (Å²) >= 11 is 3.99. The second-order valence-corrected chi connectivity index (χ2v) is 3.89. The predicted octanol–water partition coefficient (Wildman–Crippen LogP) is 0.231. The molecule has 0 aliphatic carbocycles. The summed E-state index contributed by atoms with van der Waals surface area (Å²) < 4.78 is 0. The average molecular weight is 213 g/mol. The molecule has 1 amide bonds. The Balaban J connectivity index is 2.20. The number of nitrogens with zero attached hydrogens (tertiary/aromatic N) is 2. The molecular formula is C9H18BN2OS. The molecule has 79 valence electrons. The van der Waals surface area contributed by atoms with Gasteiger partial charge in [-0.3, -0.25) is 4.79 Å². The van der Waals surface area contributed by atoms with Crippen LogP contribution in [0.25, 0.3) is 0 Å². The smallest absolute Gasteiger partial charge is 0.232 e. The summed E-state index contributed by atoms with van der Waals surface area (Å²) in [5, 5.41) is 0. The molecule has 0 atom stereocenters. The molecule has 0 saturated carbocycles. The van der Waals surface area contributed by atoms with Crippen LogP contribution in [0.4, 0.5) is 0 Å². The van der Waals surface area contributed by atoms with E-state index in [-0.39, 0.29) is 5.91 Å². The summed E-state index contributed by atoms with van der Waals surface area (Å²) in [6, 6.07) is 0. The number of hydrogen-bond acceptors (Lipinski definition) is 3. The highest BCUT2D eigenvalue weighted by atomic mass is 32.1. The number of amides is 1. The summed E-state index contributed by atoms with van der Waals surface area (Å²) in [5.74, 6) is 0.498. The molecule has 5 heteroatoms. The third-order valence-corrected chi connectivity index (χ3v) is 2.86. The van der Waals surface area contributed by atoms with Gasteiger partial charge in [-0.1, -0.05) is 13.1 Å². The van der Waals surface area contributed by atoms with Crippen LogP contribution in [0.3, 0.4) is 0 Å². The molecule has 1 radical (unpaired) electrons. The number of piperazine rings is 1. The van der Waals surface area contributed by atoms with Crippen molar-refractivity contribution in [3.63, 3.8) is 0 Å². The van der Waals surface area contributed by atoms with Gasteiger partial charge in [0, 0.05) is 26.2 Å². The minimum atomic E-state index is 0.162. The van der Waals surface area contributed by atoms with E-state index in [0.717, 1.165) is 39.0 Å². The lowest BCUT2D eigenvalue weighted by molar-refractivity contribution is -0.130. The second kappa shape index (κ2) is 6.35. The van der Waals surface area contributed by atoms with Crippen LogP contribution >= 0.6 is 12.6 Å². The number of rotatable bonds is 4. The third-order valence-electron chi connectivity index (χ3n) is 2.59. The van der Waals surface area contributed by atoms with Crippen LogP contribution in [0.15, 0.2) is 0 Å². The van der Waals surface area contributed by atoms with Crippen LogP contribution in [0, 0.1) is 0 Å². The Labute approximate surface area is 92.5 Å². The van der Waals surface area contributed by atoms with E-state index >= 15 is 0 Å². The fourth-order valence-electron chi connectivity index (χ4n) is 1.63. The average Bonchev–Trinajstić information content (AvgIpc) is 2.26. The van der Waals surface area contributed by atoms with E-state index in [4.69, 9.17) is 0 Å². The first kappa shape index (κ1) is 11.9. The molecule has 1 fully saturated rings. The van der Waals surface area contributed by atoms with Gasteiger partial charge in [0.05, 0.1) is 5.75 Å². The van der Waals surface area contributed by atoms with Crippen molar-refractivity contribution >= 4 is 25.8 Å². The Kier molecular flexibility index (Phi) is 5.41. The van der Waals surface area contributed by atoms with E-state index in [0.29, 0.717) is 5.75 Å². The lowest BCUT2D eigenvalue weighted by Crippen LogP contribution is -2.49. The first-order valence-electron chi connectivity index (χ1n) is 5.16. The molecule has 14 heavy (non-hydrogen) atoms. The fraction of sp³-hybridized carbons (Fsp3) is 0.889. The highest BCUT2D eigenvalue weighted by Crippen LogP contribution is 2.03. The van der Waals surface area contributed by atoms with E-state index in [1.54, 1.807) is 0 Å². The van der Waals surface area contributed by atoms with Gasteiger partial charge in [-0.25, -0.2) is 0 Å². The Bertz CT molecular complexity index is 184. The highest BCUT2D eigenvalue weighted by molar-refractivity contribution is 7.81. The molecule has 0 aromatic rings. The van der Waals surface area contributed by atoms with E-state index in [1.807, 2.05) is 4.90 Å². The molecule has 1 aliphatic rings. The van der Waals surface area contributed by atoms with Gasteiger partial charge in [0.15, 0.2) is 0 Å². The van der Waals surface area contributed by atoms with Gasteiger partial charge in [0.2, 0.25) is 5.91 Å². The largest absolute Gasteiger partial charge is 0.339 e. The Morgan fingerprint density at radius 2 is 2.00 bits per heavy atom. The van der Waals surface area contributed by atoms with Crippen molar-refractivity contribution in [2.24, 2.45) is 0 Å². The maximum Gasteiger partial charge on any atom is 0.232 e. The van der Waals surface area contributed by atoms with Gasteiger partial charge >= 0.3 is 0 Å². The normalized spacial score (nSPS) is 18.3. The van der Waals surface area contributed by atoms with Crippen molar-refractivity contribution in [2.45, 2.75) is 13.1 Å². The quantitative estimate of drug-likeness (QED) is 0.534. The summed E-state index contributed by atoms with van der Waals surface area (Å²) in [4.78, 5) is 15.6. The van der Waals surface area contributed by atoms with Crippen molar-refractivity contribution in [2.75, 3.05) is 38.5 Å². The van der Waals surface area contributed by atoms with Crippen molar-refractivity contribution in [3.05, 3.63) is 0 Å². The predicted molar refractivity (Wildman–Crippen MR) is 63.3 cm³/mol. The fourth-order valence-corrected chi connectivity index (χ4v) is 1.83. The monoisotopic (exact) mass is 213 g/mol. The zero-order chi connectivity index (χ0) is 10.4. The van der Waals surface area contributed by atoms with Gasteiger partial charge in [0.1, 0.15) is 7.28 Å². The second-order valence-electron chi connectivity index (χ2n) is 3.58. The first-order valence-corrected chi connectivity index (χ1v) is 5.80. The standard InChI is InChI=1S/C9H18BN2OS/c1-10-2-3-11-4-6-12(7-5-11)9(13)8-14/h14H,2-8H2,1H3. The maximum atomic E-state index is 11.3. The van der Waals surface area contributed by atoms with E-state index in [1.165, 1.54) is 0 Å². The molecule has 0 N–H and O–H groups in total. The Morgan fingerprint density at radius 1 is 1.36 bits per heavy atom. The molecule has 0 spiro atoms. The first-order chi connectivity index (χ1) is 6.77. The molecule has 0 aromatic heterocycles. The Morgan fingerprint density at radius 3 is 2.50 bits per heavy atom. The number of thiol groups is 1. The zero-order valence-electron chi connectivity index (χ0n) is 8.78. The third kappa shape index (κ3) is 3.54. The van der Waals surface area contributed by atoms with Crippen LogP contribution in [0.1, 0.15) is 0 Å². The summed E-state index contributed by atoms with van der Waals surface area (Å²) in [6.45, 7) is 6.95. The Hall–Kier alpha value is -0.155. The van der Waals surface area contributed by atoms with Gasteiger partial charge in [-0.15, -0.1) is 0 Å². The van der Waals surface area contributed by atoms with Gasteiger partial charge in [0.25, 0.3) is 0 Å². The van der Waals surface area contributed by atoms with E-state index in [2.05, 4.69) is 31.6 Å². The molecule has 1 aliphatic heterocycles. The van der Waals surface area contributed by atoms with Crippen LogP contribution in [0.5, 0.6) is 0 Å². The molecule has 0 bridgehead atoms. The summed E-state index contributed by atoms with van der Waals surface area (Å²) in [7, 11) is 2.19. The van der Waals surface area contributed by atoms with E-state index < -0.39 is 0 Å². The number of carbonyl (C=O) groups excluding carboxylic acids is 1. The van der Waals surface area contributed by atoms with Crippen LogP contribution in [-0.4, -0.2) is 61.5 Å². The van der Waals surface area contributed by atoms with Crippen LogP contribution < -0.4 is 0 Å². The van der Waals surface area contributed by atoms with Crippen molar-refractivity contribution in [3.8, 4) is 0 Å². The SMILES string of the molecule is C[B]CCN1CCN(C(=O)CS)CC1. The lowest BCUT2D eigenvalue weighted by Gasteiger charge is -2.34. The van der Waals surface area contributed by atoms with E-state index in [9.17, 15) is 4.79 Å². The van der Waals surface area contributed by atoms with Crippen LogP contribution in [0.2, 0.25) is 13.1 Å². The molecular weight excluding hydrogens is 195 g/mol. The molecule has 0 unspecified atom stereocenters. The lowest BCUT2D eigenvalue weighted by atomic mass is 9.78. The van der Waals surface area contributed by atoms with Gasteiger partial charge < -0.3 is 9.80 Å². The molecule has 1 heterocycles. The highest BCUT2D eigenvalue weighted by Gasteiger charge is 2.19. The summed E-state index contributed by atoms with van der Waals surface area (Å²) in [5.41, 5.74) is 0. The topological polar surface area (TPSA) is 23.6 Å². The number of hydrogen-bond donors (Lipinski definition) is 1. The van der Waals surface area contributed by atoms with Gasteiger partial charge in [-0.05, 0) is 6.54 Å². The molecule has 3 nitrogen and oxygen atoms in total. The molecule has 0 aromatic carbocycles. The molecule has 1 rings (SSSR count). The zero-order valence-corrected chi connectivity index (χ0v) is 9.67. The molecule has 1 saturated heterocycles. The summed E-state index contributed by atoms with van der Waals surface area (Å²) in [6.07, 6.45) is 1.14. The minimum absolute atomic E-state index is 0.162. The maximum absolute atomic E-state index is 11.3. The van der Waals surface area contributed by atoms with Crippen molar-refractivity contribution < 1.29 is 4.79 Å². The number of carbonyl (C=O) groups is 1.